The Bertz CT molecular complexity index is 468. The van der Waals surface area contributed by atoms with Crippen LogP contribution in [0.3, 0.4) is 0 Å². The second-order valence-corrected chi connectivity index (χ2v) is 5.01. The zero-order chi connectivity index (χ0) is 14.6. The van der Waals surface area contributed by atoms with E-state index in [1.165, 1.54) is 12.1 Å². The summed E-state index contributed by atoms with van der Waals surface area (Å²) in [6.07, 6.45) is -4.54. The fourth-order valence-electron chi connectivity index (χ4n) is 1.42. The lowest BCUT2D eigenvalue weighted by Gasteiger charge is -2.23. The van der Waals surface area contributed by atoms with Crippen molar-refractivity contribution in [2.75, 3.05) is 19.7 Å². The number of amides is 1. The quantitative estimate of drug-likeness (QED) is 0.896. The van der Waals surface area contributed by atoms with Crippen LogP contribution in [-0.2, 0) is 0 Å². The maximum atomic E-state index is 12.4. The number of alkyl halides is 3. The number of rotatable bonds is 4. The summed E-state index contributed by atoms with van der Waals surface area (Å²) >= 11 is 8.91. The van der Waals surface area contributed by atoms with Crippen molar-refractivity contribution in [3.63, 3.8) is 0 Å². The standard InChI is InChI=1S/C11H10BrClF3NO2/c12-7-1-2-9(13)8(5-7)10(19)17(3-4-18)6-11(14,15)16/h1-2,5,18H,3-4,6H2. The molecule has 1 amide bonds. The predicted octanol–water partition coefficient (Wildman–Crippen LogP) is 3.10. The average Bonchev–Trinajstić information content (AvgIpc) is 2.29. The molecular weight excluding hydrogens is 350 g/mol. The number of hydrogen-bond donors (Lipinski definition) is 1. The molecule has 0 saturated heterocycles. The molecule has 19 heavy (non-hydrogen) atoms. The predicted molar refractivity (Wildman–Crippen MR) is 68.2 cm³/mol. The maximum absolute atomic E-state index is 12.4. The highest BCUT2D eigenvalue weighted by atomic mass is 79.9. The van der Waals surface area contributed by atoms with Crippen LogP contribution in [0.2, 0.25) is 5.02 Å². The minimum atomic E-state index is -4.54. The van der Waals surface area contributed by atoms with E-state index in [9.17, 15) is 18.0 Å². The van der Waals surface area contributed by atoms with Gasteiger partial charge in [0, 0.05) is 11.0 Å². The van der Waals surface area contributed by atoms with Crippen molar-refractivity contribution in [2.24, 2.45) is 0 Å². The van der Waals surface area contributed by atoms with Crippen LogP contribution < -0.4 is 0 Å². The molecule has 0 bridgehead atoms. The summed E-state index contributed by atoms with van der Waals surface area (Å²) in [7, 11) is 0. The maximum Gasteiger partial charge on any atom is 0.406 e. The first kappa shape index (κ1) is 16.3. The lowest BCUT2D eigenvalue weighted by Crippen LogP contribution is -2.40. The van der Waals surface area contributed by atoms with Gasteiger partial charge in [-0.1, -0.05) is 27.5 Å². The number of aliphatic hydroxyl groups excluding tert-OH is 1. The molecular formula is C11H10BrClF3NO2. The zero-order valence-corrected chi connectivity index (χ0v) is 11.9. The van der Waals surface area contributed by atoms with Gasteiger partial charge in [0.1, 0.15) is 6.54 Å². The van der Waals surface area contributed by atoms with Crippen LogP contribution in [0.1, 0.15) is 10.4 Å². The first-order valence-corrected chi connectivity index (χ1v) is 6.33. The Hall–Kier alpha value is -0.790. The van der Waals surface area contributed by atoms with E-state index in [0.29, 0.717) is 9.37 Å². The summed E-state index contributed by atoms with van der Waals surface area (Å²) in [5.41, 5.74) is -0.0475. The van der Waals surface area contributed by atoms with Gasteiger partial charge in [-0.3, -0.25) is 4.79 Å². The molecule has 0 unspecified atom stereocenters. The number of halogens is 5. The van der Waals surface area contributed by atoms with Crippen molar-refractivity contribution < 1.29 is 23.1 Å². The molecule has 0 saturated carbocycles. The number of carbonyl (C=O) groups excluding carboxylic acids is 1. The van der Waals surface area contributed by atoms with Gasteiger partial charge in [0.25, 0.3) is 5.91 Å². The molecule has 0 atom stereocenters. The Morgan fingerprint density at radius 3 is 2.58 bits per heavy atom. The summed E-state index contributed by atoms with van der Waals surface area (Å²) in [6.45, 7) is -2.41. The minimum absolute atomic E-state index is 0.0475. The molecule has 8 heteroatoms. The number of benzene rings is 1. The molecule has 3 nitrogen and oxygen atoms in total. The van der Waals surface area contributed by atoms with Crippen molar-refractivity contribution in [1.29, 1.82) is 0 Å². The Morgan fingerprint density at radius 2 is 2.05 bits per heavy atom. The lowest BCUT2D eigenvalue weighted by atomic mass is 10.2. The van der Waals surface area contributed by atoms with Gasteiger partial charge >= 0.3 is 6.18 Å². The summed E-state index contributed by atoms with van der Waals surface area (Å²) in [5.74, 6) is -0.877. The summed E-state index contributed by atoms with van der Waals surface area (Å²) in [6, 6.07) is 4.31. The van der Waals surface area contributed by atoms with Crippen LogP contribution >= 0.6 is 27.5 Å². The molecule has 1 aromatic carbocycles. The Kier molecular flexibility index (Phi) is 5.64. The first-order valence-electron chi connectivity index (χ1n) is 5.16. The van der Waals surface area contributed by atoms with Gasteiger partial charge in [0.2, 0.25) is 0 Å². The van der Waals surface area contributed by atoms with Crippen molar-refractivity contribution in [1.82, 2.24) is 4.90 Å². The molecule has 0 aliphatic heterocycles. The molecule has 0 aromatic heterocycles. The summed E-state index contributed by atoms with van der Waals surface area (Å²) in [5, 5.41) is 8.80. The molecule has 1 aromatic rings. The number of carbonyl (C=O) groups is 1. The number of hydrogen-bond acceptors (Lipinski definition) is 2. The molecule has 0 aliphatic carbocycles. The van der Waals surface area contributed by atoms with E-state index in [-0.39, 0.29) is 10.6 Å². The van der Waals surface area contributed by atoms with Gasteiger partial charge in [0.15, 0.2) is 0 Å². The van der Waals surface area contributed by atoms with E-state index in [1.54, 1.807) is 6.07 Å². The third-order valence-electron chi connectivity index (χ3n) is 2.19. The Balaban J connectivity index is 3.02. The Morgan fingerprint density at radius 1 is 1.42 bits per heavy atom. The van der Waals surface area contributed by atoms with Crippen molar-refractivity contribution in [2.45, 2.75) is 6.18 Å². The van der Waals surface area contributed by atoms with Crippen LogP contribution in [-0.4, -0.2) is 41.8 Å². The molecule has 0 heterocycles. The van der Waals surface area contributed by atoms with Gasteiger partial charge in [-0.25, -0.2) is 0 Å². The van der Waals surface area contributed by atoms with Crippen LogP contribution in [0.15, 0.2) is 22.7 Å². The van der Waals surface area contributed by atoms with E-state index >= 15 is 0 Å². The second kappa shape index (κ2) is 6.58. The van der Waals surface area contributed by atoms with E-state index < -0.39 is 31.8 Å². The minimum Gasteiger partial charge on any atom is -0.395 e. The van der Waals surface area contributed by atoms with Crippen LogP contribution in [0, 0.1) is 0 Å². The van der Waals surface area contributed by atoms with Crippen molar-refractivity contribution in [3.05, 3.63) is 33.3 Å². The van der Waals surface area contributed by atoms with Gasteiger partial charge in [0.05, 0.1) is 17.2 Å². The number of nitrogens with zero attached hydrogens (tertiary/aromatic N) is 1. The van der Waals surface area contributed by atoms with Crippen molar-refractivity contribution in [3.8, 4) is 0 Å². The highest BCUT2D eigenvalue weighted by Gasteiger charge is 2.33. The molecule has 0 aliphatic rings. The summed E-state index contributed by atoms with van der Waals surface area (Å²) < 4.78 is 37.6. The fourth-order valence-corrected chi connectivity index (χ4v) is 1.98. The topological polar surface area (TPSA) is 40.5 Å². The van der Waals surface area contributed by atoms with E-state index in [0.717, 1.165) is 0 Å². The van der Waals surface area contributed by atoms with E-state index in [1.807, 2.05) is 0 Å². The summed E-state index contributed by atoms with van der Waals surface area (Å²) in [4.78, 5) is 12.5. The van der Waals surface area contributed by atoms with Crippen LogP contribution in [0.5, 0.6) is 0 Å². The number of aliphatic hydroxyl groups is 1. The van der Waals surface area contributed by atoms with E-state index in [4.69, 9.17) is 16.7 Å². The van der Waals surface area contributed by atoms with Gasteiger partial charge in [-0.2, -0.15) is 13.2 Å². The Labute approximate surface area is 121 Å². The average molecular weight is 361 g/mol. The largest absolute Gasteiger partial charge is 0.406 e. The van der Waals surface area contributed by atoms with Crippen LogP contribution in [0.4, 0.5) is 13.2 Å². The van der Waals surface area contributed by atoms with Crippen LogP contribution in [0.25, 0.3) is 0 Å². The molecule has 106 valence electrons. The van der Waals surface area contributed by atoms with E-state index in [2.05, 4.69) is 15.9 Å². The smallest absolute Gasteiger partial charge is 0.395 e. The van der Waals surface area contributed by atoms with Gasteiger partial charge in [-0.15, -0.1) is 0 Å². The highest BCUT2D eigenvalue weighted by molar-refractivity contribution is 9.10. The lowest BCUT2D eigenvalue weighted by molar-refractivity contribution is -0.141. The molecule has 0 spiro atoms. The monoisotopic (exact) mass is 359 g/mol. The molecule has 1 N–H and O–H groups in total. The second-order valence-electron chi connectivity index (χ2n) is 3.69. The third kappa shape index (κ3) is 5.00. The molecule has 1 rings (SSSR count). The highest BCUT2D eigenvalue weighted by Crippen LogP contribution is 2.24. The molecule has 0 fully saturated rings. The van der Waals surface area contributed by atoms with Crippen molar-refractivity contribution >= 4 is 33.4 Å². The zero-order valence-electron chi connectivity index (χ0n) is 9.55. The third-order valence-corrected chi connectivity index (χ3v) is 3.01. The fraction of sp³-hybridized carbons (Fsp3) is 0.364. The normalized spacial score (nSPS) is 11.5. The van der Waals surface area contributed by atoms with Gasteiger partial charge in [-0.05, 0) is 18.2 Å². The SMILES string of the molecule is O=C(c1cc(Br)ccc1Cl)N(CCO)CC(F)(F)F. The van der Waals surface area contributed by atoms with Gasteiger partial charge < -0.3 is 10.0 Å². The molecule has 0 radical (unpaired) electrons. The first-order chi connectivity index (χ1) is 8.74.